The molecule has 0 radical (unpaired) electrons. The molecule has 1 saturated carbocycles. The van der Waals surface area contributed by atoms with E-state index in [1.807, 2.05) is 0 Å². The molecular formula is C13H15BrF3NO. The molecule has 0 saturated heterocycles. The molecule has 0 bridgehead atoms. The van der Waals surface area contributed by atoms with Gasteiger partial charge < -0.3 is 10.4 Å². The van der Waals surface area contributed by atoms with Crippen LogP contribution in [0.15, 0.2) is 22.7 Å². The van der Waals surface area contributed by atoms with Gasteiger partial charge in [-0.1, -0.05) is 15.9 Å². The predicted octanol–water partition coefficient (Wildman–Crippen LogP) is 4.04. The van der Waals surface area contributed by atoms with Crippen LogP contribution < -0.4 is 5.32 Å². The summed E-state index contributed by atoms with van der Waals surface area (Å²) in [7, 11) is 0. The Balaban J connectivity index is 2.13. The average molecular weight is 338 g/mol. The fourth-order valence-electron chi connectivity index (χ4n) is 2.12. The lowest BCUT2D eigenvalue weighted by molar-refractivity contribution is -0.137. The molecule has 1 aliphatic rings. The summed E-state index contributed by atoms with van der Waals surface area (Å²) in [5, 5.41) is 11.8. The molecule has 1 fully saturated rings. The fourth-order valence-corrected chi connectivity index (χ4v) is 2.48. The van der Waals surface area contributed by atoms with Gasteiger partial charge in [0.05, 0.1) is 5.56 Å². The van der Waals surface area contributed by atoms with E-state index < -0.39 is 11.7 Å². The van der Waals surface area contributed by atoms with Crippen LogP contribution in [-0.4, -0.2) is 18.3 Å². The molecule has 106 valence electrons. The number of hydrogen-bond acceptors (Lipinski definition) is 2. The second-order valence-electron chi connectivity index (χ2n) is 5.01. The normalized spacial score (nSPS) is 17.3. The minimum Gasteiger partial charge on any atom is -0.396 e. The van der Waals surface area contributed by atoms with E-state index in [9.17, 15) is 13.2 Å². The van der Waals surface area contributed by atoms with Crippen LogP contribution in [0.1, 0.15) is 24.8 Å². The predicted molar refractivity (Wildman–Crippen MR) is 71.0 cm³/mol. The second kappa shape index (κ2) is 5.32. The zero-order valence-corrected chi connectivity index (χ0v) is 11.8. The summed E-state index contributed by atoms with van der Waals surface area (Å²) in [6.07, 6.45) is -1.82. The fraction of sp³-hybridized carbons (Fsp3) is 0.538. The van der Waals surface area contributed by atoms with Crippen LogP contribution >= 0.6 is 15.9 Å². The summed E-state index contributed by atoms with van der Waals surface area (Å²) < 4.78 is 39.2. The van der Waals surface area contributed by atoms with Gasteiger partial charge >= 0.3 is 6.18 Å². The van der Waals surface area contributed by atoms with Crippen molar-refractivity contribution in [2.75, 3.05) is 18.5 Å². The minimum atomic E-state index is -4.36. The minimum absolute atomic E-state index is 0.0278. The highest BCUT2D eigenvalue weighted by Crippen LogP contribution is 2.49. The Morgan fingerprint density at radius 2 is 2.00 bits per heavy atom. The van der Waals surface area contributed by atoms with E-state index >= 15 is 0 Å². The molecule has 1 aromatic carbocycles. The van der Waals surface area contributed by atoms with Gasteiger partial charge in [-0.05, 0) is 42.9 Å². The van der Waals surface area contributed by atoms with Crippen molar-refractivity contribution in [1.29, 1.82) is 0 Å². The van der Waals surface area contributed by atoms with Gasteiger partial charge in [0.15, 0.2) is 0 Å². The van der Waals surface area contributed by atoms with Crippen molar-refractivity contribution in [3.05, 3.63) is 28.2 Å². The first-order chi connectivity index (χ1) is 8.86. The number of anilines is 1. The maximum absolute atomic E-state index is 12.9. The molecule has 1 aliphatic carbocycles. The molecule has 1 aromatic rings. The highest BCUT2D eigenvalue weighted by molar-refractivity contribution is 9.10. The van der Waals surface area contributed by atoms with Crippen molar-refractivity contribution in [3.8, 4) is 0 Å². The van der Waals surface area contributed by atoms with Gasteiger partial charge in [0.1, 0.15) is 0 Å². The molecule has 2 N–H and O–H groups in total. The molecule has 19 heavy (non-hydrogen) atoms. The first-order valence-electron chi connectivity index (χ1n) is 6.08. The Morgan fingerprint density at radius 3 is 2.53 bits per heavy atom. The molecule has 6 heteroatoms. The second-order valence-corrected chi connectivity index (χ2v) is 5.93. The summed E-state index contributed by atoms with van der Waals surface area (Å²) in [5.41, 5.74) is -0.596. The summed E-state index contributed by atoms with van der Waals surface area (Å²) >= 11 is 3.18. The van der Waals surface area contributed by atoms with Crippen LogP contribution in [0, 0.1) is 5.41 Å². The first-order valence-corrected chi connectivity index (χ1v) is 6.87. The first kappa shape index (κ1) is 14.7. The van der Waals surface area contributed by atoms with E-state index in [-0.39, 0.29) is 17.7 Å². The van der Waals surface area contributed by atoms with Gasteiger partial charge in [-0.3, -0.25) is 0 Å². The van der Waals surface area contributed by atoms with Crippen molar-refractivity contribution in [3.63, 3.8) is 0 Å². The van der Waals surface area contributed by atoms with Crippen LogP contribution in [0.2, 0.25) is 0 Å². The number of alkyl halides is 3. The van der Waals surface area contributed by atoms with E-state index in [1.165, 1.54) is 12.1 Å². The molecule has 0 aromatic heterocycles. The summed E-state index contributed by atoms with van der Waals surface area (Å²) in [5.74, 6) is 0. The number of halogens is 4. The standard InChI is InChI=1S/C13H15BrF3NO/c14-9-1-2-10(13(15,16)17)11(7-9)18-8-12(3-4-12)5-6-19/h1-2,7,18-19H,3-6,8H2. The van der Waals surface area contributed by atoms with Crippen molar-refractivity contribution in [2.24, 2.45) is 5.41 Å². The third kappa shape index (κ3) is 3.63. The SMILES string of the molecule is OCCC1(CNc2cc(Br)ccc2C(F)(F)F)CC1. The van der Waals surface area contributed by atoms with E-state index in [4.69, 9.17) is 5.11 Å². The average Bonchev–Trinajstić information content (AvgIpc) is 3.06. The van der Waals surface area contributed by atoms with Crippen LogP contribution in [-0.2, 0) is 6.18 Å². The van der Waals surface area contributed by atoms with Crippen molar-refractivity contribution >= 4 is 21.6 Å². The van der Waals surface area contributed by atoms with Gasteiger partial charge in [0, 0.05) is 23.3 Å². The Morgan fingerprint density at radius 1 is 1.32 bits per heavy atom. The van der Waals surface area contributed by atoms with E-state index in [1.54, 1.807) is 0 Å². The lowest BCUT2D eigenvalue weighted by Crippen LogP contribution is -2.19. The third-order valence-corrected chi connectivity index (χ3v) is 4.03. The van der Waals surface area contributed by atoms with Crippen molar-refractivity contribution in [2.45, 2.75) is 25.4 Å². The molecule has 2 rings (SSSR count). The van der Waals surface area contributed by atoms with Gasteiger partial charge in [-0.25, -0.2) is 0 Å². The maximum atomic E-state index is 12.9. The van der Waals surface area contributed by atoms with Gasteiger partial charge in [-0.15, -0.1) is 0 Å². The zero-order chi connectivity index (χ0) is 14.1. The summed E-state index contributed by atoms with van der Waals surface area (Å²) in [6.45, 7) is 0.541. The van der Waals surface area contributed by atoms with Crippen LogP contribution in [0.3, 0.4) is 0 Å². The number of nitrogens with one attached hydrogen (secondary N) is 1. The molecule has 0 aliphatic heterocycles. The maximum Gasteiger partial charge on any atom is 0.418 e. The molecule has 2 nitrogen and oxygen atoms in total. The molecule has 0 spiro atoms. The van der Waals surface area contributed by atoms with Gasteiger partial charge in [0.2, 0.25) is 0 Å². The number of aliphatic hydroxyl groups is 1. The van der Waals surface area contributed by atoms with Crippen molar-refractivity contribution in [1.82, 2.24) is 0 Å². The Hall–Kier alpha value is -0.750. The molecule has 0 atom stereocenters. The highest BCUT2D eigenvalue weighted by Gasteiger charge is 2.42. The number of aliphatic hydroxyl groups excluding tert-OH is 1. The largest absolute Gasteiger partial charge is 0.418 e. The third-order valence-electron chi connectivity index (χ3n) is 3.54. The Bertz CT molecular complexity index is 458. The molecule has 0 amide bonds. The van der Waals surface area contributed by atoms with Crippen LogP contribution in [0.5, 0.6) is 0 Å². The number of rotatable bonds is 5. The monoisotopic (exact) mass is 337 g/mol. The van der Waals surface area contributed by atoms with Gasteiger partial charge in [0.25, 0.3) is 0 Å². The lowest BCUT2D eigenvalue weighted by atomic mass is 10.0. The lowest BCUT2D eigenvalue weighted by Gasteiger charge is -2.19. The number of benzene rings is 1. The molecule has 0 unspecified atom stereocenters. The van der Waals surface area contributed by atoms with Crippen molar-refractivity contribution < 1.29 is 18.3 Å². The van der Waals surface area contributed by atoms with E-state index in [2.05, 4.69) is 21.2 Å². The Kier molecular flexibility index (Phi) is 4.11. The number of hydrogen-bond donors (Lipinski definition) is 2. The zero-order valence-electron chi connectivity index (χ0n) is 10.2. The molecule has 0 heterocycles. The topological polar surface area (TPSA) is 32.3 Å². The quantitative estimate of drug-likeness (QED) is 0.849. The van der Waals surface area contributed by atoms with Crippen LogP contribution in [0.4, 0.5) is 18.9 Å². The summed E-state index contributed by atoms with van der Waals surface area (Å²) in [4.78, 5) is 0. The summed E-state index contributed by atoms with van der Waals surface area (Å²) in [6, 6.07) is 3.89. The van der Waals surface area contributed by atoms with Crippen LogP contribution in [0.25, 0.3) is 0 Å². The smallest absolute Gasteiger partial charge is 0.396 e. The highest BCUT2D eigenvalue weighted by atomic mass is 79.9. The van der Waals surface area contributed by atoms with E-state index in [0.29, 0.717) is 17.4 Å². The van der Waals surface area contributed by atoms with Gasteiger partial charge in [-0.2, -0.15) is 13.2 Å². The Labute approximate surface area is 118 Å². The van der Waals surface area contributed by atoms with E-state index in [0.717, 1.165) is 18.9 Å². The molecular weight excluding hydrogens is 323 g/mol.